The van der Waals surface area contributed by atoms with Crippen LogP contribution in [0.1, 0.15) is 16.7 Å². The minimum absolute atomic E-state index is 0.161. The first-order valence-electron chi connectivity index (χ1n) is 10.5. The van der Waals surface area contributed by atoms with Gasteiger partial charge in [-0.3, -0.25) is 9.69 Å². The molecule has 0 aromatic heterocycles. The van der Waals surface area contributed by atoms with Crippen molar-refractivity contribution in [2.45, 2.75) is 11.4 Å². The SMILES string of the molecule is N#Cc1cccc(CN2C(=O)[C@@]3(SCCN3C(=O)Nc3cccc(F)c3)c3cc(F)ccc32)c1. The van der Waals surface area contributed by atoms with E-state index in [0.717, 1.165) is 5.56 Å². The van der Waals surface area contributed by atoms with Crippen molar-refractivity contribution in [3.63, 3.8) is 0 Å². The molecule has 2 aliphatic rings. The van der Waals surface area contributed by atoms with Gasteiger partial charge in [-0.05, 0) is 54.1 Å². The van der Waals surface area contributed by atoms with Gasteiger partial charge in [0.25, 0.3) is 5.91 Å². The molecule has 1 atom stereocenters. The topological polar surface area (TPSA) is 76.4 Å². The van der Waals surface area contributed by atoms with Crippen molar-refractivity contribution in [2.24, 2.45) is 0 Å². The molecule has 0 bridgehead atoms. The summed E-state index contributed by atoms with van der Waals surface area (Å²) >= 11 is 1.26. The zero-order valence-corrected chi connectivity index (χ0v) is 18.6. The molecule has 34 heavy (non-hydrogen) atoms. The van der Waals surface area contributed by atoms with Gasteiger partial charge in [-0.15, -0.1) is 11.8 Å². The van der Waals surface area contributed by atoms with E-state index in [1.54, 1.807) is 30.3 Å². The largest absolute Gasteiger partial charge is 0.323 e. The van der Waals surface area contributed by atoms with Crippen LogP contribution >= 0.6 is 11.8 Å². The average Bonchev–Trinajstić information content (AvgIpc) is 3.36. The summed E-state index contributed by atoms with van der Waals surface area (Å²) in [4.78, 5) is 28.6. The van der Waals surface area contributed by atoms with Crippen LogP contribution in [0.5, 0.6) is 0 Å². The van der Waals surface area contributed by atoms with Crippen LogP contribution < -0.4 is 10.2 Å². The lowest BCUT2D eigenvalue weighted by atomic mass is 10.1. The summed E-state index contributed by atoms with van der Waals surface area (Å²) in [5.41, 5.74) is 2.35. The first-order chi connectivity index (χ1) is 16.4. The Morgan fingerprint density at radius 3 is 2.68 bits per heavy atom. The monoisotopic (exact) mass is 476 g/mol. The number of nitrogens with zero attached hydrogens (tertiary/aromatic N) is 3. The fourth-order valence-electron chi connectivity index (χ4n) is 4.42. The van der Waals surface area contributed by atoms with E-state index in [9.17, 15) is 23.6 Å². The van der Waals surface area contributed by atoms with Crippen LogP contribution in [-0.2, 0) is 16.2 Å². The zero-order chi connectivity index (χ0) is 23.9. The molecule has 170 valence electrons. The molecule has 3 aromatic rings. The third-order valence-electron chi connectivity index (χ3n) is 5.87. The number of urea groups is 1. The number of hydrogen-bond donors (Lipinski definition) is 1. The van der Waals surface area contributed by atoms with E-state index in [1.165, 1.54) is 58.0 Å². The normalized spacial score (nSPS) is 18.8. The van der Waals surface area contributed by atoms with Gasteiger partial charge in [0.15, 0.2) is 4.87 Å². The molecule has 1 spiro atoms. The molecule has 0 unspecified atom stereocenters. The van der Waals surface area contributed by atoms with Gasteiger partial charge in [-0.2, -0.15) is 5.26 Å². The van der Waals surface area contributed by atoms with E-state index >= 15 is 0 Å². The summed E-state index contributed by atoms with van der Waals surface area (Å²) in [7, 11) is 0. The Labute approximate surface area is 198 Å². The van der Waals surface area contributed by atoms with Gasteiger partial charge in [0.05, 0.1) is 23.9 Å². The summed E-state index contributed by atoms with van der Waals surface area (Å²) in [5.74, 6) is -0.918. The van der Waals surface area contributed by atoms with Crippen molar-refractivity contribution < 1.29 is 18.4 Å². The number of carbonyl (C=O) groups is 2. The lowest BCUT2D eigenvalue weighted by Crippen LogP contribution is -2.51. The summed E-state index contributed by atoms with van der Waals surface area (Å²) in [6.07, 6.45) is 0. The number of rotatable bonds is 3. The van der Waals surface area contributed by atoms with Crippen LogP contribution in [-0.4, -0.2) is 29.1 Å². The second kappa shape index (κ2) is 8.47. The maximum Gasteiger partial charge on any atom is 0.323 e. The Bertz CT molecular complexity index is 1360. The predicted octanol–water partition coefficient (Wildman–Crippen LogP) is 4.82. The second-order valence-electron chi connectivity index (χ2n) is 7.95. The fraction of sp³-hybridized carbons (Fsp3) is 0.160. The maximum atomic E-state index is 14.4. The molecule has 3 aromatic carbocycles. The number of fused-ring (bicyclic) bond motifs is 2. The molecule has 0 aliphatic carbocycles. The number of benzene rings is 3. The van der Waals surface area contributed by atoms with Crippen LogP contribution in [0.4, 0.5) is 25.0 Å². The highest BCUT2D eigenvalue weighted by Crippen LogP contribution is 2.54. The first kappa shape index (κ1) is 21.9. The number of anilines is 2. The molecular weight excluding hydrogens is 458 g/mol. The van der Waals surface area contributed by atoms with Crippen molar-refractivity contribution >= 4 is 35.1 Å². The Hall–Kier alpha value is -3.90. The van der Waals surface area contributed by atoms with Crippen LogP contribution in [0, 0.1) is 23.0 Å². The Morgan fingerprint density at radius 2 is 1.88 bits per heavy atom. The summed E-state index contributed by atoms with van der Waals surface area (Å²) < 4.78 is 28.0. The van der Waals surface area contributed by atoms with Crippen molar-refractivity contribution in [2.75, 3.05) is 22.5 Å². The van der Waals surface area contributed by atoms with Gasteiger partial charge in [0.1, 0.15) is 11.6 Å². The third kappa shape index (κ3) is 3.56. The molecule has 5 rings (SSSR count). The highest BCUT2D eigenvalue weighted by Gasteiger charge is 2.59. The fourth-order valence-corrected chi connectivity index (χ4v) is 5.88. The second-order valence-corrected chi connectivity index (χ2v) is 9.24. The standard InChI is InChI=1S/C25H18F2N4O2S/c26-18-5-2-6-20(12-18)29-24(33)31-9-10-34-25(31)21-13-19(27)7-8-22(21)30(23(25)32)15-17-4-1-3-16(11-17)14-28/h1-8,11-13H,9-10,15H2,(H,29,33)/t25-/m0/s1. The molecule has 1 saturated heterocycles. The molecule has 2 heterocycles. The smallest absolute Gasteiger partial charge is 0.308 e. The third-order valence-corrected chi connectivity index (χ3v) is 7.29. The first-order valence-corrected chi connectivity index (χ1v) is 11.5. The quantitative estimate of drug-likeness (QED) is 0.588. The van der Waals surface area contributed by atoms with Crippen LogP contribution in [0.15, 0.2) is 66.7 Å². The van der Waals surface area contributed by atoms with Gasteiger partial charge in [-0.25, -0.2) is 13.6 Å². The lowest BCUT2D eigenvalue weighted by molar-refractivity contribution is -0.123. The zero-order valence-electron chi connectivity index (χ0n) is 17.8. The Morgan fingerprint density at radius 1 is 1.09 bits per heavy atom. The van der Waals surface area contributed by atoms with Crippen molar-refractivity contribution in [3.8, 4) is 6.07 Å². The summed E-state index contributed by atoms with van der Waals surface area (Å²) in [6, 6.07) is 18.0. The Kier molecular flexibility index (Phi) is 5.46. The van der Waals surface area contributed by atoms with Gasteiger partial charge in [-0.1, -0.05) is 18.2 Å². The van der Waals surface area contributed by atoms with Crippen molar-refractivity contribution in [3.05, 3.63) is 95.1 Å². The van der Waals surface area contributed by atoms with Crippen LogP contribution in [0.25, 0.3) is 0 Å². The number of nitrogens with one attached hydrogen (secondary N) is 1. The molecule has 9 heteroatoms. The van der Waals surface area contributed by atoms with E-state index in [2.05, 4.69) is 11.4 Å². The van der Waals surface area contributed by atoms with Crippen LogP contribution in [0.3, 0.4) is 0 Å². The van der Waals surface area contributed by atoms with E-state index in [-0.39, 0.29) is 24.7 Å². The van der Waals surface area contributed by atoms with Crippen LogP contribution in [0.2, 0.25) is 0 Å². The predicted molar refractivity (Wildman–Crippen MR) is 125 cm³/mol. The van der Waals surface area contributed by atoms with E-state index in [4.69, 9.17) is 0 Å². The summed E-state index contributed by atoms with van der Waals surface area (Å²) in [5, 5.41) is 11.9. The van der Waals surface area contributed by atoms with E-state index in [1.807, 2.05) is 0 Å². The molecule has 0 saturated carbocycles. The number of halogens is 2. The van der Waals surface area contributed by atoms with Crippen molar-refractivity contribution in [1.82, 2.24) is 4.90 Å². The number of hydrogen-bond acceptors (Lipinski definition) is 4. The highest BCUT2D eigenvalue weighted by atomic mass is 32.2. The molecule has 2 aliphatic heterocycles. The lowest BCUT2D eigenvalue weighted by Gasteiger charge is -2.33. The molecule has 3 amide bonds. The minimum Gasteiger partial charge on any atom is -0.308 e. The van der Waals surface area contributed by atoms with Gasteiger partial charge in [0, 0.05) is 23.5 Å². The van der Waals surface area contributed by atoms with Gasteiger partial charge >= 0.3 is 6.03 Å². The molecular formula is C25H18F2N4O2S. The maximum absolute atomic E-state index is 14.4. The highest BCUT2D eigenvalue weighted by molar-refractivity contribution is 8.01. The van der Waals surface area contributed by atoms with Gasteiger partial charge in [0.2, 0.25) is 0 Å². The van der Waals surface area contributed by atoms with Crippen molar-refractivity contribution in [1.29, 1.82) is 5.26 Å². The number of carbonyl (C=O) groups excluding carboxylic acids is 2. The number of amides is 3. The number of nitriles is 1. The Balaban J connectivity index is 1.53. The summed E-state index contributed by atoms with van der Waals surface area (Å²) in [6.45, 7) is 0.417. The molecule has 1 N–H and O–H groups in total. The van der Waals surface area contributed by atoms with E-state index < -0.39 is 22.5 Å². The van der Waals surface area contributed by atoms with Gasteiger partial charge < -0.3 is 10.2 Å². The molecule has 0 radical (unpaired) electrons. The minimum atomic E-state index is -1.44. The average molecular weight is 477 g/mol. The molecule has 6 nitrogen and oxygen atoms in total. The molecule has 1 fully saturated rings. The number of thioether (sulfide) groups is 1. The van der Waals surface area contributed by atoms with E-state index in [0.29, 0.717) is 22.6 Å².